The van der Waals surface area contributed by atoms with Crippen LogP contribution in [0.1, 0.15) is 12.8 Å². The van der Waals surface area contributed by atoms with Gasteiger partial charge < -0.3 is 5.73 Å². The molecular weight excluding hydrogens is 260 g/mol. The van der Waals surface area contributed by atoms with Crippen LogP contribution in [0.2, 0.25) is 5.02 Å². The molecule has 1 aliphatic rings. The van der Waals surface area contributed by atoms with E-state index in [9.17, 15) is 8.42 Å². The monoisotopic (exact) mass is 272 g/mol. The van der Waals surface area contributed by atoms with E-state index in [2.05, 4.69) is 4.72 Å². The van der Waals surface area contributed by atoms with Gasteiger partial charge in [0.1, 0.15) is 0 Å². The number of hydrogen-bond acceptors (Lipinski definition) is 3. The van der Waals surface area contributed by atoms with Crippen LogP contribution in [0.15, 0.2) is 35.2 Å². The maximum atomic E-state index is 12.0. The highest BCUT2D eigenvalue weighted by atomic mass is 35.5. The second-order valence-corrected chi connectivity index (χ2v) is 6.07. The second-order valence-electron chi connectivity index (χ2n) is 3.94. The van der Waals surface area contributed by atoms with Crippen molar-refractivity contribution in [3.63, 3.8) is 0 Å². The molecule has 0 fully saturated rings. The van der Waals surface area contributed by atoms with Crippen LogP contribution in [0.4, 0.5) is 5.69 Å². The number of nitrogens with one attached hydrogen (secondary N) is 1. The third kappa shape index (κ3) is 2.80. The van der Waals surface area contributed by atoms with Gasteiger partial charge >= 0.3 is 0 Å². The minimum absolute atomic E-state index is 0.0584. The Kier molecular flexibility index (Phi) is 3.42. The van der Waals surface area contributed by atoms with Gasteiger partial charge in [-0.05, 0) is 31.0 Å². The Bertz CT molecular complexity index is 547. The first-order chi connectivity index (χ1) is 7.99. The summed E-state index contributed by atoms with van der Waals surface area (Å²) >= 11 is 5.75. The number of benzene rings is 1. The lowest BCUT2D eigenvalue weighted by molar-refractivity contribution is 0.557. The van der Waals surface area contributed by atoms with E-state index in [0.29, 0.717) is 5.02 Å². The van der Waals surface area contributed by atoms with Gasteiger partial charge in [0.05, 0.1) is 15.6 Å². The molecule has 2 rings (SSSR count). The Hall–Kier alpha value is -1.04. The maximum absolute atomic E-state index is 12.0. The summed E-state index contributed by atoms with van der Waals surface area (Å²) in [6, 6.07) is 4.24. The number of nitrogen functional groups attached to an aromatic ring is 1. The molecule has 0 bridgehead atoms. The van der Waals surface area contributed by atoms with E-state index in [1.807, 2.05) is 12.2 Å². The number of sulfonamides is 1. The second kappa shape index (κ2) is 4.68. The van der Waals surface area contributed by atoms with Crippen LogP contribution in [0.3, 0.4) is 0 Å². The first kappa shape index (κ1) is 12.4. The molecule has 0 amide bonds. The van der Waals surface area contributed by atoms with Crippen molar-refractivity contribution < 1.29 is 8.42 Å². The van der Waals surface area contributed by atoms with Crippen LogP contribution in [-0.4, -0.2) is 14.5 Å². The molecule has 0 atom stereocenters. The predicted molar refractivity (Wildman–Crippen MR) is 68.3 cm³/mol. The first-order valence-corrected chi connectivity index (χ1v) is 7.07. The Balaban J connectivity index is 2.22. The van der Waals surface area contributed by atoms with E-state index in [-0.39, 0.29) is 16.6 Å². The molecule has 1 aliphatic carbocycles. The van der Waals surface area contributed by atoms with Gasteiger partial charge in [-0.3, -0.25) is 0 Å². The smallest absolute Gasteiger partial charge is 0.240 e. The highest BCUT2D eigenvalue weighted by molar-refractivity contribution is 7.89. The van der Waals surface area contributed by atoms with Crippen molar-refractivity contribution in [2.75, 3.05) is 5.73 Å². The van der Waals surface area contributed by atoms with Crippen LogP contribution < -0.4 is 10.5 Å². The lowest BCUT2D eigenvalue weighted by Crippen LogP contribution is -2.32. The van der Waals surface area contributed by atoms with Crippen molar-refractivity contribution in [3.8, 4) is 0 Å². The predicted octanol–water partition coefficient (Wildman–Crippen LogP) is 1.92. The molecule has 0 saturated heterocycles. The average Bonchev–Trinajstić information content (AvgIpc) is 2.73. The quantitative estimate of drug-likeness (QED) is 0.652. The molecular formula is C11H13ClN2O2S. The molecule has 6 heteroatoms. The van der Waals surface area contributed by atoms with Crippen molar-refractivity contribution in [1.82, 2.24) is 4.72 Å². The van der Waals surface area contributed by atoms with Crippen LogP contribution >= 0.6 is 11.6 Å². The standard InChI is InChI=1S/C11H13ClN2O2S/c12-10-6-5-9(7-11(10)13)17(15,16)14-8-3-1-2-4-8/h1-2,5-8,14H,3-4,13H2. The maximum Gasteiger partial charge on any atom is 0.240 e. The molecule has 4 nitrogen and oxygen atoms in total. The molecule has 1 aromatic rings. The van der Waals surface area contributed by atoms with Gasteiger partial charge in [0, 0.05) is 6.04 Å². The van der Waals surface area contributed by atoms with Crippen LogP contribution in [0.25, 0.3) is 0 Å². The minimum atomic E-state index is -3.51. The molecule has 0 heterocycles. The zero-order valence-electron chi connectivity index (χ0n) is 9.06. The Morgan fingerprint density at radius 3 is 2.53 bits per heavy atom. The van der Waals surface area contributed by atoms with Crippen molar-refractivity contribution in [2.45, 2.75) is 23.8 Å². The number of rotatable bonds is 3. The van der Waals surface area contributed by atoms with Crippen molar-refractivity contribution in [3.05, 3.63) is 35.4 Å². The summed E-state index contributed by atoms with van der Waals surface area (Å²) in [5.41, 5.74) is 5.85. The minimum Gasteiger partial charge on any atom is -0.397 e. The number of nitrogens with two attached hydrogens (primary N) is 1. The Labute approximate surface area is 106 Å². The van der Waals surface area contributed by atoms with E-state index < -0.39 is 10.0 Å². The molecule has 0 aliphatic heterocycles. The molecule has 3 N–H and O–H groups in total. The lowest BCUT2D eigenvalue weighted by atomic mass is 10.3. The van der Waals surface area contributed by atoms with E-state index in [0.717, 1.165) is 12.8 Å². The fourth-order valence-electron chi connectivity index (χ4n) is 1.69. The highest BCUT2D eigenvalue weighted by Crippen LogP contribution is 2.23. The van der Waals surface area contributed by atoms with Gasteiger partial charge in [0.25, 0.3) is 0 Å². The Morgan fingerprint density at radius 2 is 1.94 bits per heavy atom. The van der Waals surface area contributed by atoms with Gasteiger partial charge in [0.2, 0.25) is 10.0 Å². The summed E-state index contributed by atoms with van der Waals surface area (Å²) < 4.78 is 26.7. The fourth-order valence-corrected chi connectivity index (χ4v) is 3.10. The molecule has 17 heavy (non-hydrogen) atoms. The lowest BCUT2D eigenvalue weighted by Gasteiger charge is -2.13. The van der Waals surface area contributed by atoms with E-state index in [4.69, 9.17) is 17.3 Å². The van der Waals surface area contributed by atoms with Gasteiger partial charge in [-0.2, -0.15) is 0 Å². The number of halogens is 1. The zero-order valence-corrected chi connectivity index (χ0v) is 10.6. The highest BCUT2D eigenvalue weighted by Gasteiger charge is 2.21. The van der Waals surface area contributed by atoms with Crippen LogP contribution in [0, 0.1) is 0 Å². The van der Waals surface area contributed by atoms with Crippen molar-refractivity contribution >= 4 is 27.3 Å². The van der Waals surface area contributed by atoms with Crippen LogP contribution in [-0.2, 0) is 10.0 Å². The molecule has 0 saturated carbocycles. The number of anilines is 1. The largest absolute Gasteiger partial charge is 0.397 e. The van der Waals surface area contributed by atoms with E-state index in [1.165, 1.54) is 18.2 Å². The summed E-state index contributed by atoms with van der Waals surface area (Å²) in [6.07, 6.45) is 5.37. The van der Waals surface area contributed by atoms with Crippen molar-refractivity contribution in [2.24, 2.45) is 0 Å². The molecule has 0 aromatic heterocycles. The Morgan fingerprint density at radius 1 is 1.29 bits per heavy atom. The van der Waals surface area contributed by atoms with Gasteiger partial charge in [-0.25, -0.2) is 13.1 Å². The molecule has 92 valence electrons. The van der Waals surface area contributed by atoms with E-state index >= 15 is 0 Å². The summed E-state index contributed by atoms with van der Waals surface area (Å²) in [6.45, 7) is 0. The third-order valence-corrected chi connectivity index (χ3v) is 4.47. The first-order valence-electron chi connectivity index (χ1n) is 5.21. The topological polar surface area (TPSA) is 72.2 Å². The van der Waals surface area contributed by atoms with Gasteiger partial charge in [-0.15, -0.1) is 0 Å². The molecule has 0 unspecified atom stereocenters. The average molecular weight is 273 g/mol. The molecule has 0 radical (unpaired) electrons. The molecule has 0 spiro atoms. The SMILES string of the molecule is Nc1cc(S(=O)(=O)NC2CC=CC2)ccc1Cl. The molecule has 1 aromatic carbocycles. The third-order valence-electron chi connectivity index (χ3n) is 2.61. The van der Waals surface area contributed by atoms with Gasteiger partial charge in [-0.1, -0.05) is 23.8 Å². The van der Waals surface area contributed by atoms with E-state index in [1.54, 1.807) is 0 Å². The van der Waals surface area contributed by atoms with Gasteiger partial charge in [0.15, 0.2) is 0 Å². The summed E-state index contributed by atoms with van der Waals surface area (Å²) in [5, 5.41) is 0.353. The zero-order chi connectivity index (χ0) is 12.5. The van der Waals surface area contributed by atoms with Crippen LogP contribution in [0.5, 0.6) is 0 Å². The van der Waals surface area contributed by atoms with Crippen molar-refractivity contribution in [1.29, 1.82) is 0 Å². The normalized spacial score (nSPS) is 16.5. The number of hydrogen-bond donors (Lipinski definition) is 2. The summed E-state index contributed by atoms with van der Waals surface area (Å²) in [4.78, 5) is 0.145. The summed E-state index contributed by atoms with van der Waals surface area (Å²) in [5.74, 6) is 0. The summed E-state index contributed by atoms with van der Waals surface area (Å²) in [7, 11) is -3.51. The fraction of sp³-hybridized carbons (Fsp3) is 0.273.